The van der Waals surface area contributed by atoms with Gasteiger partial charge in [0.1, 0.15) is 18.4 Å². The van der Waals surface area contributed by atoms with Crippen LogP contribution in [0.4, 0.5) is 13.2 Å². The summed E-state index contributed by atoms with van der Waals surface area (Å²) in [6, 6.07) is 21.3. The van der Waals surface area contributed by atoms with Gasteiger partial charge >= 0.3 is 12.1 Å². The number of fused-ring (bicyclic) bond motifs is 2. The average molecular weight is 533 g/mol. The van der Waals surface area contributed by atoms with Crippen molar-refractivity contribution in [2.24, 2.45) is 0 Å². The van der Waals surface area contributed by atoms with Crippen LogP contribution in [0.25, 0.3) is 21.7 Å². The van der Waals surface area contributed by atoms with Crippen LogP contribution in [0.3, 0.4) is 0 Å². The Morgan fingerprint density at radius 3 is 2.31 bits per heavy atom. The molecule has 0 bridgehead atoms. The van der Waals surface area contributed by atoms with Gasteiger partial charge in [0, 0.05) is 28.9 Å². The smallest absolute Gasteiger partial charge is 0.416 e. The number of carbonyl (C=O) groups is 2. The summed E-state index contributed by atoms with van der Waals surface area (Å²) in [5.74, 6) is -1.63. The van der Waals surface area contributed by atoms with Crippen LogP contribution in [0.2, 0.25) is 0 Å². The van der Waals surface area contributed by atoms with Crippen molar-refractivity contribution in [3.8, 4) is 5.75 Å². The number of hydrogen-bond acceptors (Lipinski definition) is 3. The Bertz CT molecular complexity index is 1660. The van der Waals surface area contributed by atoms with E-state index in [1.54, 1.807) is 30.5 Å². The molecular formula is C30H23F3N2O4. The van der Waals surface area contributed by atoms with Crippen molar-refractivity contribution >= 4 is 33.6 Å². The molecule has 1 atom stereocenters. The summed E-state index contributed by atoms with van der Waals surface area (Å²) in [6.45, 7) is -0.0931. The fourth-order valence-corrected chi connectivity index (χ4v) is 4.48. The van der Waals surface area contributed by atoms with Gasteiger partial charge in [0.25, 0.3) is 5.91 Å². The molecule has 4 aromatic carbocycles. The molecule has 0 aliphatic heterocycles. The number of halogens is 3. The van der Waals surface area contributed by atoms with Gasteiger partial charge in [-0.2, -0.15) is 13.2 Å². The van der Waals surface area contributed by atoms with Crippen LogP contribution in [0, 0.1) is 0 Å². The molecule has 39 heavy (non-hydrogen) atoms. The van der Waals surface area contributed by atoms with Gasteiger partial charge in [-0.3, -0.25) is 4.79 Å². The lowest BCUT2D eigenvalue weighted by molar-refractivity contribution is -0.139. The fraction of sp³-hybridized carbons (Fsp3) is 0.133. The van der Waals surface area contributed by atoms with E-state index in [2.05, 4.69) is 10.3 Å². The van der Waals surface area contributed by atoms with Crippen LogP contribution in [-0.4, -0.2) is 28.0 Å². The minimum atomic E-state index is -4.45. The third-order valence-electron chi connectivity index (χ3n) is 6.49. The zero-order valence-electron chi connectivity index (χ0n) is 20.5. The molecule has 0 radical (unpaired) electrons. The van der Waals surface area contributed by atoms with Crippen molar-refractivity contribution in [3.05, 3.63) is 113 Å². The highest BCUT2D eigenvalue weighted by Crippen LogP contribution is 2.32. The second kappa shape index (κ2) is 10.5. The number of carboxylic acids is 1. The Morgan fingerprint density at radius 1 is 0.897 bits per heavy atom. The van der Waals surface area contributed by atoms with Crippen molar-refractivity contribution in [3.63, 3.8) is 0 Å². The van der Waals surface area contributed by atoms with Crippen molar-refractivity contribution in [1.29, 1.82) is 0 Å². The average Bonchev–Trinajstić information content (AvgIpc) is 3.33. The minimum absolute atomic E-state index is 0.0560. The summed E-state index contributed by atoms with van der Waals surface area (Å²) >= 11 is 0. The Kier molecular flexibility index (Phi) is 6.98. The molecule has 1 aromatic heterocycles. The molecule has 0 fully saturated rings. The van der Waals surface area contributed by atoms with Crippen LogP contribution in [0.15, 0.2) is 91.1 Å². The lowest BCUT2D eigenvalue weighted by Crippen LogP contribution is -2.42. The number of H-pyrrole nitrogens is 1. The molecule has 0 unspecified atom stereocenters. The highest BCUT2D eigenvalue weighted by atomic mass is 19.4. The summed E-state index contributed by atoms with van der Waals surface area (Å²) in [4.78, 5) is 28.6. The normalized spacial score (nSPS) is 12.4. The van der Waals surface area contributed by atoms with Gasteiger partial charge in [0.2, 0.25) is 0 Å². The zero-order chi connectivity index (χ0) is 27.6. The lowest BCUT2D eigenvalue weighted by Gasteiger charge is -2.18. The number of aromatic amines is 1. The molecule has 5 rings (SSSR count). The van der Waals surface area contributed by atoms with E-state index in [9.17, 15) is 27.9 Å². The first kappa shape index (κ1) is 25.8. The first-order valence-electron chi connectivity index (χ1n) is 12.1. The number of alkyl halides is 3. The van der Waals surface area contributed by atoms with E-state index in [1.165, 1.54) is 12.1 Å². The van der Waals surface area contributed by atoms with Gasteiger partial charge in [0.15, 0.2) is 0 Å². The summed E-state index contributed by atoms with van der Waals surface area (Å²) in [5.41, 5.74) is 1.43. The number of aliphatic carboxylic acids is 1. The maximum atomic E-state index is 13.4. The van der Waals surface area contributed by atoms with E-state index in [1.807, 2.05) is 36.4 Å². The molecule has 5 aromatic rings. The third-order valence-corrected chi connectivity index (χ3v) is 6.49. The maximum Gasteiger partial charge on any atom is 0.416 e. The Morgan fingerprint density at radius 2 is 1.59 bits per heavy atom. The number of benzene rings is 4. The summed E-state index contributed by atoms with van der Waals surface area (Å²) in [5, 5.41) is 14.7. The number of amides is 1. The minimum Gasteiger partial charge on any atom is -0.487 e. The van der Waals surface area contributed by atoms with Gasteiger partial charge in [-0.05, 0) is 40.8 Å². The summed E-state index contributed by atoms with van der Waals surface area (Å²) < 4.78 is 44.8. The first-order chi connectivity index (χ1) is 18.7. The molecular weight excluding hydrogens is 509 g/mol. The molecule has 0 saturated carbocycles. The molecule has 0 saturated heterocycles. The van der Waals surface area contributed by atoms with Crippen LogP contribution in [0.1, 0.15) is 27.0 Å². The largest absolute Gasteiger partial charge is 0.487 e. The van der Waals surface area contributed by atoms with Gasteiger partial charge < -0.3 is 20.1 Å². The molecule has 0 aliphatic rings. The number of hydrogen-bond donors (Lipinski definition) is 3. The molecule has 9 heteroatoms. The molecule has 0 spiro atoms. The van der Waals surface area contributed by atoms with Crippen molar-refractivity contribution in [1.82, 2.24) is 10.3 Å². The van der Waals surface area contributed by atoms with Gasteiger partial charge in [-0.25, -0.2) is 4.79 Å². The topological polar surface area (TPSA) is 91.4 Å². The predicted octanol–water partition coefficient (Wildman–Crippen LogP) is 6.34. The Balaban J connectivity index is 1.41. The van der Waals surface area contributed by atoms with E-state index in [4.69, 9.17) is 4.74 Å². The quantitative estimate of drug-likeness (QED) is 0.217. The van der Waals surface area contributed by atoms with E-state index in [0.717, 1.165) is 34.0 Å². The Hall–Kier alpha value is -4.79. The number of carbonyl (C=O) groups excluding carboxylic acids is 1. The summed E-state index contributed by atoms with van der Waals surface area (Å²) in [7, 11) is 0. The number of rotatable bonds is 8. The van der Waals surface area contributed by atoms with Gasteiger partial charge in [0.05, 0.1) is 11.1 Å². The lowest BCUT2D eigenvalue weighted by atomic mass is 10.0. The molecule has 6 nitrogen and oxygen atoms in total. The zero-order valence-corrected chi connectivity index (χ0v) is 20.5. The number of nitrogens with one attached hydrogen (secondary N) is 2. The van der Waals surface area contributed by atoms with Crippen LogP contribution >= 0.6 is 0 Å². The molecule has 3 N–H and O–H groups in total. The van der Waals surface area contributed by atoms with Crippen molar-refractivity contribution < 1.29 is 32.6 Å². The number of ether oxygens (including phenoxy) is 1. The van der Waals surface area contributed by atoms with E-state index in [-0.39, 0.29) is 24.3 Å². The van der Waals surface area contributed by atoms with Crippen LogP contribution in [0.5, 0.6) is 5.75 Å². The van der Waals surface area contributed by atoms with Crippen LogP contribution in [-0.2, 0) is 24.0 Å². The second-order valence-electron chi connectivity index (χ2n) is 9.07. The SMILES string of the molecule is O=C(N[C@@H](Cc1c[nH]c2ccccc12)C(=O)O)c1ccc2ccccc2c1OCc1ccc(C(F)(F)F)cc1. The molecule has 1 amide bonds. The predicted molar refractivity (Wildman–Crippen MR) is 141 cm³/mol. The number of aromatic nitrogens is 1. The number of carboxylic acid groups (broad SMARTS) is 1. The van der Waals surface area contributed by atoms with Crippen molar-refractivity contribution in [2.75, 3.05) is 0 Å². The number of para-hydroxylation sites is 1. The van der Waals surface area contributed by atoms with Crippen molar-refractivity contribution in [2.45, 2.75) is 25.2 Å². The third kappa shape index (κ3) is 5.57. The van der Waals surface area contributed by atoms with E-state index in [0.29, 0.717) is 10.9 Å². The molecule has 0 aliphatic carbocycles. The first-order valence-corrected chi connectivity index (χ1v) is 12.1. The monoisotopic (exact) mass is 532 g/mol. The highest BCUT2D eigenvalue weighted by molar-refractivity contribution is 6.05. The maximum absolute atomic E-state index is 13.4. The standard InChI is InChI=1S/C30H23F3N2O4/c31-30(32,33)21-12-9-18(10-13-21)17-39-27-23-7-2-1-5-19(23)11-14-24(27)28(36)35-26(29(37)38)15-20-16-34-25-8-4-3-6-22(20)25/h1-14,16,26,34H,15,17H2,(H,35,36)(H,37,38)/t26-/m0/s1. The molecule has 1 heterocycles. The fourth-order valence-electron chi connectivity index (χ4n) is 4.48. The van der Waals surface area contributed by atoms with E-state index >= 15 is 0 Å². The highest BCUT2D eigenvalue weighted by Gasteiger charge is 2.30. The second-order valence-corrected chi connectivity index (χ2v) is 9.07. The summed E-state index contributed by atoms with van der Waals surface area (Å²) in [6.07, 6.45) is -2.67. The van der Waals surface area contributed by atoms with Crippen LogP contribution < -0.4 is 10.1 Å². The van der Waals surface area contributed by atoms with E-state index < -0.39 is 29.7 Å². The van der Waals surface area contributed by atoms with Gasteiger partial charge in [-0.15, -0.1) is 0 Å². The Labute approximate surface area is 221 Å². The van der Waals surface area contributed by atoms with Gasteiger partial charge in [-0.1, -0.05) is 60.7 Å². The molecule has 198 valence electrons.